The predicted octanol–water partition coefficient (Wildman–Crippen LogP) is 1.54. The van der Waals surface area contributed by atoms with Gasteiger partial charge in [-0.1, -0.05) is 18.5 Å². The lowest BCUT2D eigenvalue weighted by atomic mass is 10.2. The molecule has 0 aliphatic heterocycles. The van der Waals surface area contributed by atoms with E-state index in [1.807, 2.05) is 0 Å². The average Bonchev–Trinajstić information content (AvgIpc) is 2.21. The third-order valence-corrected chi connectivity index (χ3v) is 4.17. The molecule has 0 spiro atoms. The summed E-state index contributed by atoms with van der Waals surface area (Å²) in [6, 6.07) is 2.08. The summed E-state index contributed by atoms with van der Waals surface area (Å²) in [4.78, 5) is 10.3. The van der Waals surface area contributed by atoms with Crippen molar-refractivity contribution < 1.29 is 23.4 Å². The quantitative estimate of drug-likeness (QED) is 0.864. The van der Waals surface area contributed by atoms with E-state index in [-0.39, 0.29) is 16.2 Å². The van der Waals surface area contributed by atoms with Gasteiger partial charge in [0.15, 0.2) is 15.6 Å². The summed E-state index contributed by atoms with van der Waals surface area (Å²) in [7, 11) is -3.62. The summed E-state index contributed by atoms with van der Waals surface area (Å²) in [5.74, 6) is -2.26. The minimum absolute atomic E-state index is 0.205. The maximum absolute atomic E-state index is 11.5. The van der Waals surface area contributed by atoms with Crippen LogP contribution in [0.2, 0.25) is 5.02 Å². The second-order valence-electron chi connectivity index (χ2n) is 2.98. The molecule has 88 valence electrons. The van der Waals surface area contributed by atoms with Gasteiger partial charge in [-0.05, 0) is 12.1 Å². The highest BCUT2D eigenvalue weighted by molar-refractivity contribution is 7.91. The lowest BCUT2D eigenvalue weighted by Gasteiger charge is -2.07. The van der Waals surface area contributed by atoms with Crippen LogP contribution in [-0.4, -0.2) is 30.4 Å². The highest BCUT2D eigenvalue weighted by atomic mass is 35.5. The van der Waals surface area contributed by atoms with Crippen LogP contribution in [0.25, 0.3) is 0 Å². The van der Waals surface area contributed by atoms with E-state index in [2.05, 4.69) is 0 Å². The van der Waals surface area contributed by atoms with Gasteiger partial charge in [-0.15, -0.1) is 0 Å². The van der Waals surface area contributed by atoms with Crippen LogP contribution in [0.1, 0.15) is 17.3 Å². The molecule has 0 aliphatic rings. The van der Waals surface area contributed by atoms with Crippen molar-refractivity contribution in [1.82, 2.24) is 0 Å². The molecule has 1 aromatic carbocycles. The first-order valence-corrected chi connectivity index (χ1v) is 6.31. The predicted molar refractivity (Wildman–Crippen MR) is 57.8 cm³/mol. The summed E-state index contributed by atoms with van der Waals surface area (Å²) in [6.07, 6.45) is 0. The molecular weight excluding hydrogens is 256 g/mol. The Hall–Kier alpha value is -1.27. The van der Waals surface area contributed by atoms with Crippen molar-refractivity contribution in [1.29, 1.82) is 0 Å². The van der Waals surface area contributed by atoms with Crippen LogP contribution in [-0.2, 0) is 9.84 Å². The molecule has 0 unspecified atom stereocenters. The van der Waals surface area contributed by atoms with Gasteiger partial charge in [0.25, 0.3) is 0 Å². The first-order valence-electron chi connectivity index (χ1n) is 4.28. The number of rotatable bonds is 3. The zero-order chi connectivity index (χ0) is 12.5. The Morgan fingerprint density at radius 1 is 1.44 bits per heavy atom. The van der Waals surface area contributed by atoms with Crippen LogP contribution < -0.4 is 0 Å². The SMILES string of the molecule is CCS(=O)(=O)c1ccc(C(=O)O)c(Cl)c1O. The van der Waals surface area contributed by atoms with Crippen molar-refractivity contribution in [2.75, 3.05) is 5.75 Å². The van der Waals surface area contributed by atoms with Gasteiger partial charge in [0.1, 0.15) is 4.90 Å². The Bertz CT molecular complexity index is 535. The van der Waals surface area contributed by atoms with Gasteiger partial charge in [0, 0.05) is 0 Å². The van der Waals surface area contributed by atoms with E-state index in [9.17, 15) is 18.3 Å². The molecular formula is C9H9ClO5S. The van der Waals surface area contributed by atoms with Gasteiger partial charge in [0.2, 0.25) is 0 Å². The highest BCUT2D eigenvalue weighted by Crippen LogP contribution is 2.34. The average molecular weight is 265 g/mol. The first kappa shape index (κ1) is 12.8. The molecule has 0 amide bonds. The molecule has 0 atom stereocenters. The molecule has 0 fully saturated rings. The van der Waals surface area contributed by atoms with E-state index in [1.54, 1.807) is 0 Å². The van der Waals surface area contributed by atoms with Crippen LogP contribution in [0, 0.1) is 0 Å². The largest absolute Gasteiger partial charge is 0.505 e. The second kappa shape index (κ2) is 4.31. The molecule has 0 radical (unpaired) electrons. The molecule has 5 nitrogen and oxygen atoms in total. The molecule has 0 aliphatic carbocycles. The van der Waals surface area contributed by atoms with Crippen LogP contribution in [0.15, 0.2) is 17.0 Å². The number of carboxylic acid groups (broad SMARTS) is 1. The summed E-state index contributed by atoms with van der Waals surface area (Å²) in [5.41, 5.74) is -0.339. The Morgan fingerprint density at radius 2 is 2.00 bits per heavy atom. The van der Waals surface area contributed by atoms with E-state index >= 15 is 0 Å². The molecule has 1 rings (SSSR count). The number of hydrogen-bond donors (Lipinski definition) is 2. The van der Waals surface area contributed by atoms with Crippen LogP contribution in [0.5, 0.6) is 5.75 Å². The number of hydrogen-bond acceptors (Lipinski definition) is 4. The van der Waals surface area contributed by atoms with Crippen molar-refractivity contribution in [3.8, 4) is 5.75 Å². The topological polar surface area (TPSA) is 91.7 Å². The monoisotopic (exact) mass is 264 g/mol. The van der Waals surface area contributed by atoms with Crippen molar-refractivity contribution in [3.63, 3.8) is 0 Å². The third-order valence-electron chi connectivity index (χ3n) is 2.02. The second-order valence-corrected chi connectivity index (χ2v) is 5.61. The number of aromatic hydroxyl groups is 1. The third kappa shape index (κ3) is 2.12. The van der Waals surface area contributed by atoms with E-state index in [4.69, 9.17) is 16.7 Å². The fourth-order valence-electron chi connectivity index (χ4n) is 1.12. The number of phenols is 1. The Kier molecular flexibility index (Phi) is 3.44. The van der Waals surface area contributed by atoms with Gasteiger partial charge < -0.3 is 10.2 Å². The Morgan fingerprint density at radius 3 is 2.44 bits per heavy atom. The molecule has 0 bridgehead atoms. The van der Waals surface area contributed by atoms with E-state index in [1.165, 1.54) is 6.92 Å². The lowest BCUT2D eigenvalue weighted by molar-refractivity contribution is 0.0696. The molecule has 2 N–H and O–H groups in total. The summed E-state index contributed by atoms with van der Waals surface area (Å²) < 4.78 is 23.0. The summed E-state index contributed by atoms with van der Waals surface area (Å²) in [5, 5.41) is 17.7. The van der Waals surface area contributed by atoms with Crippen LogP contribution >= 0.6 is 11.6 Å². The molecule has 7 heteroatoms. The molecule has 16 heavy (non-hydrogen) atoms. The number of sulfone groups is 1. The zero-order valence-corrected chi connectivity index (χ0v) is 9.84. The van der Waals surface area contributed by atoms with Gasteiger partial charge in [-0.2, -0.15) is 0 Å². The molecule has 0 heterocycles. The van der Waals surface area contributed by atoms with Crippen molar-refractivity contribution in [3.05, 3.63) is 22.7 Å². The fraction of sp³-hybridized carbons (Fsp3) is 0.222. The first-order chi connectivity index (χ1) is 7.31. The van der Waals surface area contributed by atoms with E-state index < -0.39 is 26.6 Å². The number of carbonyl (C=O) groups is 1. The van der Waals surface area contributed by atoms with Gasteiger partial charge in [0.05, 0.1) is 16.3 Å². The van der Waals surface area contributed by atoms with Gasteiger partial charge >= 0.3 is 5.97 Å². The van der Waals surface area contributed by atoms with Gasteiger partial charge in [-0.25, -0.2) is 13.2 Å². The zero-order valence-electron chi connectivity index (χ0n) is 8.27. The molecule has 0 saturated carbocycles. The molecule has 0 aromatic heterocycles. The minimum Gasteiger partial charge on any atom is -0.505 e. The molecule has 0 saturated heterocycles. The van der Waals surface area contributed by atoms with Gasteiger partial charge in [-0.3, -0.25) is 0 Å². The number of carboxylic acids is 1. The van der Waals surface area contributed by atoms with Crippen molar-refractivity contribution in [2.24, 2.45) is 0 Å². The Labute approximate surface area is 97.2 Å². The standard InChI is InChI=1S/C9H9ClO5S/c1-2-16(14,15)6-4-3-5(9(12)13)7(10)8(6)11/h3-4,11H,2H2,1H3,(H,12,13). The Balaban J connectivity index is 3.51. The summed E-state index contributed by atoms with van der Waals surface area (Å²) >= 11 is 5.56. The highest BCUT2D eigenvalue weighted by Gasteiger charge is 2.22. The van der Waals surface area contributed by atoms with Crippen LogP contribution in [0.3, 0.4) is 0 Å². The minimum atomic E-state index is -3.62. The smallest absolute Gasteiger partial charge is 0.337 e. The molecule has 1 aromatic rings. The maximum Gasteiger partial charge on any atom is 0.337 e. The summed E-state index contributed by atoms with van der Waals surface area (Å²) in [6.45, 7) is 1.41. The number of aromatic carboxylic acids is 1. The van der Waals surface area contributed by atoms with E-state index in [0.29, 0.717) is 0 Å². The van der Waals surface area contributed by atoms with Crippen molar-refractivity contribution in [2.45, 2.75) is 11.8 Å². The maximum atomic E-state index is 11.5. The lowest BCUT2D eigenvalue weighted by Crippen LogP contribution is -2.06. The number of benzene rings is 1. The number of phenolic OH excluding ortho intramolecular Hbond substituents is 1. The number of halogens is 1. The fourth-order valence-corrected chi connectivity index (χ4v) is 2.40. The normalized spacial score (nSPS) is 11.4. The van der Waals surface area contributed by atoms with E-state index in [0.717, 1.165) is 12.1 Å². The van der Waals surface area contributed by atoms with Crippen molar-refractivity contribution >= 4 is 27.4 Å². The van der Waals surface area contributed by atoms with Crippen LogP contribution in [0.4, 0.5) is 0 Å².